The van der Waals surface area contributed by atoms with E-state index < -0.39 is 6.36 Å². The molecule has 0 saturated heterocycles. The van der Waals surface area contributed by atoms with E-state index in [1.165, 1.54) is 19.2 Å². The van der Waals surface area contributed by atoms with Crippen LogP contribution in [0.15, 0.2) is 12.3 Å². The van der Waals surface area contributed by atoms with Crippen LogP contribution in [0.4, 0.5) is 13.2 Å². The lowest BCUT2D eigenvalue weighted by atomic mass is 10.2. The molecule has 0 saturated carbocycles. The third-order valence-corrected chi connectivity index (χ3v) is 1.61. The van der Waals surface area contributed by atoms with Gasteiger partial charge in [-0.1, -0.05) is 0 Å². The first-order valence-corrected chi connectivity index (χ1v) is 4.00. The largest absolute Gasteiger partial charge is 0.573 e. The Hall–Kier alpha value is -1.77. The zero-order valence-corrected chi connectivity index (χ0v) is 7.80. The molecule has 15 heavy (non-hydrogen) atoms. The molecule has 0 aromatic carbocycles. The van der Waals surface area contributed by atoms with Gasteiger partial charge >= 0.3 is 6.36 Å². The monoisotopic (exact) mass is 216 g/mol. The second kappa shape index (κ2) is 4.17. The maximum Gasteiger partial charge on any atom is 0.573 e. The highest BCUT2D eigenvalue weighted by atomic mass is 19.4. The summed E-state index contributed by atoms with van der Waals surface area (Å²) in [5.74, 6) is -0.366. The molecule has 0 aliphatic rings. The summed E-state index contributed by atoms with van der Waals surface area (Å²) in [5, 5.41) is 8.37. The molecule has 0 aliphatic heterocycles. The van der Waals surface area contributed by atoms with Gasteiger partial charge < -0.3 is 4.74 Å². The van der Waals surface area contributed by atoms with Gasteiger partial charge in [0.2, 0.25) is 0 Å². The van der Waals surface area contributed by atoms with Crippen molar-refractivity contribution in [3.63, 3.8) is 0 Å². The minimum atomic E-state index is -4.74. The maximum absolute atomic E-state index is 11.9. The summed E-state index contributed by atoms with van der Waals surface area (Å²) < 4.78 is 39.5. The summed E-state index contributed by atoms with van der Waals surface area (Å²) in [6, 6.07) is 2.98. The van der Waals surface area contributed by atoms with E-state index in [1.54, 1.807) is 0 Å². The average molecular weight is 216 g/mol. The van der Waals surface area contributed by atoms with E-state index in [0.717, 1.165) is 0 Å². The van der Waals surface area contributed by atoms with Gasteiger partial charge in [0.05, 0.1) is 18.2 Å². The van der Waals surface area contributed by atoms with Crippen LogP contribution < -0.4 is 4.74 Å². The molecule has 6 heteroatoms. The minimum Gasteiger partial charge on any atom is -0.404 e. The van der Waals surface area contributed by atoms with Gasteiger partial charge in [-0.05, 0) is 18.6 Å². The Morgan fingerprint density at radius 1 is 1.53 bits per heavy atom. The van der Waals surface area contributed by atoms with Gasteiger partial charge in [-0.2, -0.15) is 5.26 Å². The fourth-order valence-electron chi connectivity index (χ4n) is 0.969. The van der Waals surface area contributed by atoms with Crippen molar-refractivity contribution in [2.24, 2.45) is 0 Å². The summed E-state index contributed by atoms with van der Waals surface area (Å²) >= 11 is 0. The second-order valence-corrected chi connectivity index (χ2v) is 2.81. The Morgan fingerprint density at radius 3 is 2.73 bits per heavy atom. The van der Waals surface area contributed by atoms with E-state index in [4.69, 9.17) is 5.26 Å². The number of hydrogen-bond donors (Lipinski definition) is 0. The van der Waals surface area contributed by atoms with Crippen LogP contribution >= 0.6 is 0 Å². The van der Waals surface area contributed by atoms with Crippen LogP contribution in [0.5, 0.6) is 5.75 Å². The van der Waals surface area contributed by atoms with Crippen LogP contribution in [0, 0.1) is 18.3 Å². The fourth-order valence-corrected chi connectivity index (χ4v) is 0.969. The molecule has 0 radical (unpaired) electrons. The molecule has 3 nitrogen and oxygen atoms in total. The van der Waals surface area contributed by atoms with Crippen molar-refractivity contribution in [2.45, 2.75) is 19.7 Å². The van der Waals surface area contributed by atoms with Crippen molar-refractivity contribution in [3.05, 3.63) is 23.5 Å². The highest BCUT2D eigenvalue weighted by Crippen LogP contribution is 2.25. The number of pyridine rings is 1. The summed E-state index contributed by atoms with van der Waals surface area (Å²) in [6.07, 6.45) is -3.39. The number of nitrogens with zero attached hydrogens (tertiary/aromatic N) is 2. The average Bonchev–Trinajstić information content (AvgIpc) is 2.09. The maximum atomic E-state index is 11.9. The van der Waals surface area contributed by atoms with Crippen LogP contribution in [0.1, 0.15) is 11.3 Å². The first-order valence-electron chi connectivity index (χ1n) is 4.00. The number of ether oxygens (including phenoxy) is 1. The van der Waals surface area contributed by atoms with Crippen LogP contribution in [0.3, 0.4) is 0 Å². The van der Waals surface area contributed by atoms with Crippen LogP contribution in [-0.2, 0) is 6.42 Å². The molecule has 0 amide bonds. The number of rotatable bonds is 2. The number of hydrogen-bond acceptors (Lipinski definition) is 3. The predicted octanol–water partition coefficient (Wildman–Crippen LogP) is 2.35. The molecule has 1 aromatic heterocycles. The Bertz CT molecular complexity index is 395. The first-order chi connectivity index (χ1) is 6.92. The van der Waals surface area contributed by atoms with E-state index in [0.29, 0.717) is 5.56 Å². The molecule has 0 spiro atoms. The summed E-state index contributed by atoms with van der Waals surface area (Å²) in [7, 11) is 0. The number of aromatic nitrogens is 1. The van der Waals surface area contributed by atoms with Crippen molar-refractivity contribution in [3.8, 4) is 11.8 Å². The van der Waals surface area contributed by atoms with Gasteiger partial charge in [0.15, 0.2) is 5.75 Å². The third-order valence-electron chi connectivity index (χ3n) is 1.61. The highest BCUT2D eigenvalue weighted by molar-refractivity contribution is 5.31. The Balaban J connectivity index is 2.96. The summed E-state index contributed by atoms with van der Waals surface area (Å²) in [4.78, 5) is 3.71. The molecule has 0 bridgehead atoms. The second-order valence-electron chi connectivity index (χ2n) is 2.81. The van der Waals surface area contributed by atoms with Crippen LogP contribution in [-0.4, -0.2) is 11.3 Å². The van der Waals surface area contributed by atoms with Crippen molar-refractivity contribution in [2.75, 3.05) is 0 Å². The molecule has 1 aromatic rings. The van der Waals surface area contributed by atoms with E-state index in [9.17, 15) is 13.2 Å². The summed E-state index contributed by atoms with van der Waals surface area (Å²) in [5.41, 5.74) is 0.524. The lowest BCUT2D eigenvalue weighted by Gasteiger charge is -2.11. The highest BCUT2D eigenvalue weighted by Gasteiger charge is 2.32. The van der Waals surface area contributed by atoms with Gasteiger partial charge in [-0.15, -0.1) is 13.2 Å². The van der Waals surface area contributed by atoms with E-state index in [1.807, 2.05) is 6.07 Å². The number of nitriles is 1. The molecular formula is C9H7F3N2O. The van der Waals surface area contributed by atoms with Crippen LogP contribution in [0.2, 0.25) is 0 Å². The normalized spacial score (nSPS) is 10.9. The van der Waals surface area contributed by atoms with Crippen molar-refractivity contribution >= 4 is 0 Å². The van der Waals surface area contributed by atoms with Crippen LogP contribution in [0.25, 0.3) is 0 Å². The zero-order chi connectivity index (χ0) is 11.5. The Morgan fingerprint density at radius 2 is 2.20 bits per heavy atom. The third kappa shape index (κ3) is 3.46. The van der Waals surface area contributed by atoms with Crippen molar-refractivity contribution in [1.29, 1.82) is 5.26 Å². The molecule has 1 heterocycles. The number of aryl methyl sites for hydroxylation is 1. The van der Waals surface area contributed by atoms with Crippen molar-refractivity contribution in [1.82, 2.24) is 4.98 Å². The molecule has 0 fully saturated rings. The fraction of sp³-hybridized carbons (Fsp3) is 0.333. The number of alkyl halides is 3. The topological polar surface area (TPSA) is 45.9 Å². The minimum absolute atomic E-state index is 0.00149. The van der Waals surface area contributed by atoms with Crippen molar-refractivity contribution < 1.29 is 17.9 Å². The van der Waals surface area contributed by atoms with Gasteiger partial charge in [-0.3, -0.25) is 4.98 Å². The molecule has 0 atom stereocenters. The Kier molecular flexibility index (Phi) is 3.14. The Labute approximate surface area is 84.1 Å². The first kappa shape index (κ1) is 11.3. The number of halogens is 3. The van der Waals surface area contributed by atoms with E-state index >= 15 is 0 Å². The van der Waals surface area contributed by atoms with Gasteiger partial charge in [0.25, 0.3) is 0 Å². The molecule has 80 valence electrons. The summed E-state index contributed by atoms with van der Waals surface area (Å²) in [6.45, 7) is 1.40. The van der Waals surface area contributed by atoms with Gasteiger partial charge in [0, 0.05) is 6.20 Å². The standard InChI is InChI=1S/C9H7F3N2O/c1-6-8(15-9(10,11)12)4-7(2-3-13)5-14-6/h4-5H,2H2,1H3. The molecular weight excluding hydrogens is 209 g/mol. The SMILES string of the molecule is Cc1ncc(CC#N)cc1OC(F)(F)F. The molecule has 1 rings (SSSR count). The van der Waals surface area contributed by atoms with E-state index in [2.05, 4.69) is 9.72 Å². The predicted molar refractivity (Wildman–Crippen MR) is 45.0 cm³/mol. The quantitative estimate of drug-likeness (QED) is 0.762. The lowest BCUT2D eigenvalue weighted by Crippen LogP contribution is -2.18. The van der Waals surface area contributed by atoms with Gasteiger partial charge in [-0.25, -0.2) is 0 Å². The smallest absolute Gasteiger partial charge is 0.404 e. The molecule has 0 N–H and O–H groups in total. The lowest BCUT2D eigenvalue weighted by molar-refractivity contribution is -0.275. The zero-order valence-electron chi connectivity index (χ0n) is 7.80. The van der Waals surface area contributed by atoms with Gasteiger partial charge in [0.1, 0.15) is 0 Å². The van der Waals surface area contributed by atoms with E-state index in [-0.39, 0.29) is 17.9 Å². The molecule has 0 unspecified atom stereocenters. The molecule has 0 aliphatic carbocycles.